The molecule has 1 aromatic carbocycles. The molecule has 0 aromatic heterocycles. The molecule has 0 atom stereocenters. The third-order valence-corrected chi connectivity index (χ3v) is 3.64. The van der Waals surface area contributed by atoms with Gasteiger partial charge in [-0.1, -0.05) is 54.6 Å². The first-order valence-corrected chi connectivity index (χ1v) is 6.66. The molecule has 0 unspecified atom stereocenters. The van der Waals surface area contributed by atoms with Crippen molar-refractivity contribution in [3.63, 3.8) is 0 Å². The number of nitriles is 1. The molecular formula is C17H18FN. The number of hydrogen-bond donors (Lipinski definition) is 0. The van der Waals surface area contributed by atoms with Gasteiger partial charge in [-0.2, -0.15) is 5.26 Å². The fourth-order valence-electron chi connectivity index (χ4n) is 2.43. The summed E-state index contributed by atoms with van der Waals surface area (Å²) in [7, 11) is 0. The predicted molar refractivity (Wildman–Crippen MR) is 75.3 cm³/mol. The molecule has 19 heavy (non-hydrogen) atoms. The molecule has 1 aliphatic carbocycles. The van der Waals surface area contributed by atoms with Gasteiger partial charge in [-0.25, -0.2) is 4.39 Å². The molecule has 0 saturated heterocycles. The third-order valence-electron chi connectivity index (χ3n) is 3.64. The summed E-state index contributed by atoms with van der Waals surface area (Å²) >= 11 is 0. The van der Waals surface area contributed by atoms with Gasteiger partial charge in [0.25, 0.3) is 0 Å². The minimum absolute atomic E-state index is 0.233. The highest BCUT2D eigenvalue weighted by molar-refractivity contribution is 5.34. The van der Waals surface area contributed by atoms with E-state index >= 15 is 0 Å². The minimum atomic E-state index is -0.498. The van der Waals surface area contributed by atoms with Crippen LogP contribution in [-0.2, 0) is 0 Å². The van der Waals surface area contributed by atoms with E-state index in [-0.39, 0.29) is 5.92 Å². The van der Waals surface area contributed by atoms with Crippen LogP contribution in [0.4, 0.5) is 4.39 Å². The first-order chi connectivity index (χ1) is 9.29. The Balaban J connectivity index is 2.06. The number of allylic oxidation sites excluding steroid dienone is 4. The lowest BCUT2D eigenvalue weighted by Crippen LogP contribution is -2.20. The molecule has 2 rings (SSSR count). The molecule has 0 heterocycles. The highest BCUT2D eigenvalue weighted by Crippen LogP contribution is 2.36. The average Bonchev–Trinajstić information content (AvgIpc) is 2.49. The Morgan fingerprint density at radius 3 is 2.42 bits per heavy atom. The van der Waals surface area contributed by atoms with Crippen LogP contribution in [0, 0.1) is 16.7 Å². The monoisotopic (exact) mass is 255 g/mol. The first-order valence-electron chi connectivity index (χ1n) is 6.66. The number of alkyl halides is 1. The zero-order chi connectivity index (χ0) is 13.6. The molecule has 0 fully saturated rings. The fraction of sp³-hybridized carbons (Fsp3) is 0.353. The lowest BCUT2D eigenvalue weighted by molar-refractivity contribution is 0.306. The van der Waals surface area contributed by atoms with Crippen LogP contribution >= 0.6 is 0 Å². The Labute approximate surface area is 114 Å². The molecule has 0 amide bonds. The molecule has 1 aromatic rings. The van der Waals surface area contributed by atoms with E-state index in [1.165, 1.54) is 5.56 Å². The van der Waals surface area contributed by atoms with Crippen LogP contribution in [0.3, 0.4) is 0 Å². The van der Waals surface area contributed by atoms with E-state index in [1.807, 2.05) is 30.4 Å². The van der Waals surface area contributed by atoms with Gasteiger partial charge in [-0.05, 0) is 18.4 Å². The lowest BCUT2D eigenvalue weighted by Gasteiger charge is -2.28. The second-order valence-electron chi connectivity index (χ2n) is 5.03. The van der Waals surface area contributed by atoms with Crippen molar-refractivity contribution in [2.75, 3.05) is 6.67 Å². The number of hydrogen-bond acceptors (Lipinski definition) is 1. The zero-order valence-corrected chi connectivity index (χ0v) is 10.9. The molecule has 98 valence electrons. The molecule has 0 saturated carbocycles. The summed E-state index contributed by atoms with van der Waals surface area (Å²) in [6.45, 7) is -0.396. The lowest BCUT2D eigenvalue weighted by atomic mass is 9.77. The Morgan fingerprint density at radius 1 is 1.16 bits per heavy atom. The zero-order valence-electron chi connectivity index (χ0n) is 10.9. The standard InChI is InChI=1S/C17H18FN/c18-14-17(10-4-5-13-19)11-8-16(9-12-17)15-6-2-1-3-7-15/h1-3,6-9,11-12,16H,4-5,10,14H2. The van der Waals surface area contributed by atoms with E-state index in [2.05, 4.69) is 30.4 Å². The summed E-state index contributed by atoms with van der Waals surface area (Å²) in [4.78, 5) is 0. The summed E-state index contributed by atoms with van der Waals surface area (Å²) in [5, 5.41) is 8.56. The van der Waals surface area contributed by atoms with Gasteiger partial charge in [-0.3, -0.25) is 0 Å². The van der Waals surface area contributed by atoms with Gasteiger partial charge in [0.2, 0.25) is 0 Å². The van der Waals surface area contributed by atoms with Gasteiger partial charge in [0.1, 0.15) is 6.67 Å². The van der Waals surface area contributed by atoms with Crippen LogP contribution in [0.15, 0.2) is 54.6 Å². The Morgan fingerprint density at radius 2 is 1.84 bits per heavy atom. The maximum atomic E-state index is 13.3. The molecule has 1 nitrogen and oxygen atoms in total. The second-order valence-corrected chi connectivity index (χ2v) is 5.03. The minimum Gasteiger partial charge on any atom is -0.250 e. The number of rotatable bonds is 5. The van der Waals surface area contributed by atoms with Gasteiger partial charge < -0.3 is 0 Å². The van der Waals surface area contributed by atoms with Crippen LogP contribution in [0.2, 0.25) is 0 Å². The largest absolute Gasteiger partial charge is 0.250 e. The summed E-state index contributed by atoms with van der Waals surface area (Å²) < 4.78 is 13.3. The van der Waals surface area contributed by atoms with Crippen molar-refractivity contribution in [3.8, 4) is 6.07 Å². The average molecular weight is 255 g/mol. The van der Waals surface area contributed by atoms with Gasteiger partial charge in [0, 0.05) is 17.8 Å². The van der Waals surface area contributed by atoms with E-state index in [1.54, 1.807) is 0 Å². The fourth-order valence-corrected chi connectivity index (χ4v) is 2.43. The third kappa shape index (κ3) is 3.32. The molecule has 0 aliphatic heterocycles. The van der Waals surface area contributed by atoms with Crippen molar-refractivity contribution in [1.82, 2.24) is 0 Å². The van der Waals surface area contributed by atoms with Crippen LogP contribution in [-0.4, -0.2) is 6.67 Å². The first kappa shape index (κ1) is 13.5. The summed E-state index contributed by atoms with van der Waals surface area (Å²) in [6.07, 6.45) is 10.0. The van der Waals surface area contributed by atoms with Crippen LogP contribution < -0.4 is 0 Å². The van der Waals surface area contributed by atoms with Crippen molar-refractivity contribution in [1.29, 1.82) is 5.26 Å². The van der Waals surface area contributed by atoms with Gasteiger partial charge in [-0.15, -0.1) is 0 Å². The van der Waals surface area contributed by atoms with Crippen molar-refractivity contribution in [3.05, 3.63) is 60.2 Å². The Kier molecular flexibility index (Phi) is 4.52. The summed E-state index contributed by atoms with van der Waals surface area (Å²) in [5.41, 5.74) is 0.724. The van der Waals surface area contributed by atoms with Crippen LogP contribution in [0.1, 0.15) is 30.7 Å². The molecule has 0 bridgehead atoms. The molecular weight excluding hydrogens is 237 g/mol. The summed E-state index contributed by atoms with van der Waals surface area (Å²) in [5.74, 6) is 0.233. The SMILES string of the molecule is N#CCCCC1(CF)C=CC(c2ccccc2)C=C1. The second kappa shape index (κ2) is 6.33. The van der Waals surface area contributed by atoms with Gasteiger partial charge >= 0.3 is 0 Å². The summed E-state index contributed by atoms with van der Waals surface area (Å²) in [6, 6.07) is 12.3. The number of halogens is 1. The van der Waals surface area contributed by atoms with E-state index < -0.39 is 12.1 Å². The maximum absolute atomic E-state index is 13.3. The van der Waals surface area contributed by atoms with Crippen molar-refractivity contribution in [2.45, 2.75) is 25.2 Å². The normalized spacial score (nSPS) is 25.2. The van der Waals surface area contributed by atoms with Crippen LogP contribution in [0.5, 0.6) is 0 Å². The molecule has 0 radical (unpaired) electrons. The predicted octanol–water partition coefficient (Wildman–Crippen LogP) is 4.55. The number of benzene rings is 1. The van der Waals surface area contributed by atoms with E-state index in [0.717, 1.165) is 6.42 Å². The molecule has 0 N–H and O–H groups in total. The van der Waals surface area contributed by atoms with Gasteiger partial charge in [0.15, 0.2) is 0 Å². The Bertz CT molecular complexity index is 482. The number of nitrogens with zero attached hydrogens (tertiary/aromatic N) is 1. The van der Waals surface area contributed by atoms with Crippen molar-refractivity contribution < 1.29 is 4.39 Å². The van der Waals surface area contributed by atoms with E-state index in [9.17, 15) is 4.39 Å². The molecule has 1 aliphatic rings. The van der Waals surface area contributed by atoms with Gasteiger partial charge in [0.05, 0.1) is 6.07 Å². The quantitative estimate of drug-likeness (QED) is 0.559. The Hall–Kier alpha value is -1.88. The maximum Gasteiger partial charge on any atom is 0.102 e. The van der Waals surface area contributed by atoms with Crippen molar-refractivity contribution >= 4 is 0 Å². The molecule has 0 spiro atoms. The van der Waals surface area contributed by atoms with E-state index in [0.29, 0.717) is 12.8 Å². The van der Waals surface area contributed by atoms with Crippen LogP contribution in [0.25, 0.3) is 0 Å². The highest BCUT2D eigenvalue weighted by Gasteiger charge is 2.26. The number of unbranched alkanes of at least 4 members (excludes halogenated alkanes) is 1. The van der Waals surface area contributed by atoms with Crippen molar-refractivity contribution in [2.24, 2.45) is 5.41 Å². The van der Waals surface area contributed by atoms with E-state index in [4.69, 9.17) is 5.26 Å². The topological polar surface area (TPSA) is 23.8 Å². The highest BCUT2D eigenvalue weighted by atomic mass is 19.1. The molecule has 2 heteroatoms. The smallest absolute Gasteiger partial charge is 0.102 e.